The Bertz CT molecular complexity index is 840. The lowest BCUT2D eigenvalue weighted by Crippen LogP contribution is -2.26. The Hall–Kier alpha value is -1.95. The predicted octanol–water partition coefficient (Wildman–Crippen LogP) is 4.90. The number of aromatic nitrogens is 2. The van der Waals surface area contributed by atoms with E-state index in [4.69, 9.17) is 9.93 Å². The number of thioether (sulfide) groups is 1. The van der Waals surface area contributed by atoms with E-state index in [9.17, 15) is 4.79 Å². The number of carbonyl (C=O) groups excluding carboxylic acids is 1. The van der Waals surface area contributed by atoms with Crippen molar-refractivity contribution in [2.75, 3.05) is 5.75 Å². The van der Waals surface area contributed by atoms with E-state index in [0.29, 0.717) is 0 Å². The van der Waals surface area contributed by atoms with Gasteiger partial charge in [-0.2, -0.15) is 5.10 Å². The molecule has 0 saturated carbocycles. The third-order valence-corrected chi connectivity index (χ3v) is 6.49. The summed E-state index contributed by atoms with van der Waals surface area (Å²) in [6, 6.07) is 2.08. The number of fused-ring (bicyclic) bond motifs is 1. The van der Waals surface area contributed by atoms with E-state index in [1.54, 1.807) is 6.20 Å². The summed E-state index contributed by atoms with van der Waals surface area (Å²) in [5.74, 6) is 1.25. The Balaban J connectivity index is 0.00000117. The van der Waals surface area contributed by atoms with Gasteiger partial charge in [0.15, 0.2) is 5.78 Å². The molecule has 0 N–H and O–H groups in total. The SMILES string of the molecule is CCn1ncc(C(=O)c2cc(C)c3c(c2C)C(C)(C)CCS3)c1C.O=O. The Morgan fingerprint density at radius 2 is 1.88 bits per heavy atom. The van der Waals surface area contributed by atoms with Gasteiger partial charge in [0.2, 0.25) is 0 Å². The molecule has 0 atom stereocenters. The lowest BCUT2D eigenvalue weighted by Gasteiger charge is -2.35. The van der Waals surface area contributed by atoms with Crippen molar-refractivity contribution >= 4 is 17.5 Å². The van der Waals surface area contributed by atoms with Crippen LogP contribution < -0.4 is 0 Å². The maximum absolute atomic E-state index is 13.2. The Labute approximate surface area is 158 Å². The number of nitrogens with zero attached hydrogens (tertiary/aromatic N) is 2. The van der Waals surface area contributed by atoms with Gasteiger partial charge in [-0.25, -0.2) is 0 Å². The molecule has 1 aromatic heterocycles. The number of carbonyl (C=O) groups is 1. The van der Waals surface area contributed by atoms with Gasteiger partial charge in [0.05, 0.1) is 11.8 Å². The van der Waals surface area contributed by atoms with Gasteiger partial charge < -0.3 is 0 Å². The molecule has 6 heteroatoms. The van der Waals surface area contributed by atoms with E-state index in [2.05, 4.69) is 38.9 Å². The number of hydrogen-bond acceptors (Lipinski definition) is 5. The molecule has 2 aromatic rings. The molecule has 140 valence electrons. The maximum Gasteiger partial charge on any atom is 0.196 e. The first kappa shape index (κ1) is 20.4. The van der Waals surface area contributed by atoms with Crippen LogP contribution in [0.15, 0.2) is 17.2 Å². The first-order valence-electron chi connectivity index (χ1n) is 8.79. The minimum atomic E-state index is 0.0990. The standard InChI is InChI=1S/C20H26N2OS.O2/c1-7-22-14(4)16(11-21-22)18(23)15-10-12(2)19-17(13(15)3)20(5,6)8-9-24-19;1-2/h10-11H,7-9H2,1-6H3;. The largest absolute Gasteiger partial charge is 0.288 e. The van der Waals surface area contributed by atoms with Gasteiger partial charge in [-0.05, 0) is 68.0 Å². The molecule has 0 amide bonds. The molecule has 0 bridgehead atoms. The average molecular weight is 375 g/mol. The van der Waals surface area contributed by atoms with Gasteiger partial charge in [-0.3, -0.25) is 9.48 Å². The highest BCUT2D eigenvalue weighted by Crippen LogP contribution is 2.45. The molecule has 0 saturated heterocycles. The van der Waals surface area contributed by atoms with Crippen LogP contribution >= 0.6 is 11.8 Å². The minimum Gasteiger partial charge on any atom is -0.288 e. The fraction of sp³-hybridized carbons (Fsp3) is 0.500. The smallest absolute Gasteiger partial charge is 0.196 e. The number of benzene rings is 1. The molecule has 1 aliphatic heterocycles. The zero-order valence-electron chi connectivity index (χ0n) is 16.3. The molecular formula is C20H26N2O3S. The topological polar surface area (TPSA) is 69.0 Å². The minimum absolute atomic E-state index is 0.0990. The van der Waals surface area contributed by atoms with Crippen LogP contribution in [0.1, 0.15) is 65.5 Å². The molecule has 0 radical (unpaired) electrons. The zero-order valence-corrected chi connectivity index (χ0v) is 17.1. The van der Waals surface area contributed by atoms with Crippen molar-refractivity contribution in [1.29, 1.82) is 0 Å². The first-order chi connectivity index (χ1) is 12.3. The molecule has 0 unspecified atom stereocenters. The summed E-state index contributed by atoms with van der Waals surface area (Å²) in [5.41, 5.74) is 6.35. The number of ketones is 1. The van der Waals surface area contributed by atoms with Gasteiger partial charge in [0, 0.05) is 32.6 Å². The highest BCUT2D eigenvalue weighted by molar-refractivity contribution is 7.99. The van der Waals surface area contributed by atoms with E-state index < -0.39 is 0 Å². The summed E-state index contributed by atoms with van der Waals surface area (Å²) in [5, 5.41) is 4.34. The Morgan fingerprint density at radius 1 is 1.23 bits per heavy atom. The third-order valence-electron chi connectivity index (χ3n) is 5.27. The van der Waals surface area contributed by atoms with Crippen LogP contribution in [-0.4, -0.2) is 21.3 Å². The van der Waals surface area contributed by atoms with Crippen molar-refractivity contribution in [2.45, 2.75) is 64.8 Å². The molecule has 0 aliphatic carbocycles. The van der Waals surface area contributed by atoms with Crippen molar-refractivity contribution in [3.05, 3.63) is 55.7 Å². The lowest BCUT2D eigenvalue weighted by molar-refractivity contribution is 0.103. The summed E-state index contributed by atoms with van der Waals surface area (Å²) in [6.45, 7) is 13.6. The molecule has 1 aromatic carbocycles. The van der Waals surface area contributed by atoms with Gasteiger partial charge in [-0.15, -0.1) is 11.8 Å². The normalized spacial score (nSPS) is 15.0. The van der Waals surface area contributed by atoms with Gasteiger partial charge in [-0.1, -0.05) is 13.8 Å². The van der Waals surface area contributed by atoms with E-state index in [-0.39, 0.29) is 11.2 Å². The van der Waals surface area contributed by atoms with Crippen LogP contribution in [-0.2, 0) is 12.0 Å². The molecular weight excluding hydrogens is 348 g/mol. The molecule has 0 spiro atoms. The summed E-state index contributed by atoms with van der Waals surface area (Å²) < 4.78 is 1.88. The second kappa shape index (κ2) is 7.74. The van der Waals surface area contributed by atoms with Crippen LogP contribution in [0, 0.1) is 30.7 Å². The Morgan fingerprint density at radius 3 is 2.46 bits per heavy atom. The average Bonchev–Trinajstić information content (AvgIpc) is 2.99. The number of aryl methyl sites for hydroxylation is 2. The van der Waals surface area contributed by atoms with Crippen molar-refractivity contribution in [1.82, 2.24) is 9.78 Å². The van der Waals surface area contributed by atoms with Gasteiger partial charge >= 0.3 is 0 Å². The molecule has 0 fully saturated rings. The Kier molecular flexibility index (Phi) is 6.06. The van der Waals surface area contributed by atoms with E-state index >= 15 is 0 Å². The van der Waals surface area contributed by atoms with Crippen molar-refractivity contribution < 1.29 is 4.79 Å². The highest BCUT2D eigenvalue weighted by atomic mass is 32.2. The first-order valence-corrected chi connectivity index (χ1v) is 9.77. The molecule has 26 heavy (non-hydrogen) atoms. The fourth-order valence-electron chi connectivity index (χ4n) is 3.80. The molecule has 1 aliphatic rings. The van der Waals surface area contributed by atoms with Crippen LogP contribution in [0.4, 0.5) is 0 Å². The molecule has 5 nitrogen and oxygen atoms in total. The second-order valence-electron chi connectivity index (χ2n) is 7.34. The molecule has 2 heterocycles. The van der Waals surface area contributed by atoms with Crippen molar-refractivity contribution in [3.63, 3.8) is 0 Å². The van der Waals surface area contributed by atoms with Crippen molar-refractivity contribution in [2.24, 2.45) is 0 Å². The zero-order chi connectivity index (χ0) is 19.6. The van der Waals surface area contributed by atoms with Crippen LogP contribution in [0.2, 0.25) is 0 Å². The number of rotatable bonds is 3. The summed E-state index contributed by atoms with van der Waals surface area (Å²) in [7, 11) is 0. The van der Waals surface area contributed by atoms with E-state index in [1.165, 1.54) is 16.0 Å². The molecule has 3 rings (SSSR count). The predicted molar refractivity (Wildman–Crippen MR) is 107 cm³/mol. The van der Waals surface area contributed by atoms with Crippen LogP contribution in [0.5, 0.6) is 0 Å². The maximum atomic E-state index is 13.2. The number of hydrogen-bond donors (Lipinski definition) is 0. The second-order valence-corrected chi connectivity index (χ2v) is 8.45. The van der Waals surface area contributed by atoms with Gasteiger partial charge in [0.25, 0.3) is 0 Å². The third kappa shape index (κ3) is 3.34. The highest BCUT2D eigenvalue weighted by Gasteiger charge is 2.33. The monoisotopic (exact) mass is 374 g/mol. The summed E-state index contributed by atoms with van der Waals surface area (Å²) in [6.07, 6.45) is 2.87. The van der Waals surface area contributed by atoms with E-state index in [1.807, 2.05) is 30.3 Å². The van der Waals surface area contributed by atoms with Crippen molar-refractivity contribution in [3.8, 4) is 0 Å². The van der Waals surface area contributed by atoms with Crippen LogP contribution in [0.25, 0.3) is 0 Å². The van der Waals surface area contributed by atoms with Gasteiger partial charge in [0.1, 0.15) is 0 Å². The van der Waals surface area contributed by atoms with Crippen LogP contribution in [0.3, 0.4) is 0 Å². The van der Waals surface area contributed by atoms with E-state index in [0.717, 1.165) is 41.1 Å². The summed E-state index contributed by atoms with van der Waals surface area (Å²) >= 11 is 1.93. The quantitative estimate of drug-likeness (QED) is 0.715. The summed E-state index contributed by atoms with van der Waals surface area (Å²) in [4.78, 5) is 28.6. The lowest BCUT2D eigenvalue weighted by atomic mass is 9.77. The fourth-order valence-corrected chi connectivity index (χ4v) is 5.47.